The summed E-state index contributed by atoms with van der Waals surface area (Å²) in [5.41, 5.74) is 6.54. The van der Waals surface area contributed by atoms with Crippen LogP contribution in [0, 0.1) is 0 Å². The Bertz CT molecular complexity index is 766. The van der Waals surface area contributed by atoms with E-state index in [2.05, 4.69) is 15.5 Å². The fourth-order valence-corrected chi connectivity index (χ4v) is 3.93. The minimum Gasteiger partial charge on any atom is -0.397 e. The van der Waals surface area contributed by atoms with Crippen molar-refractivity contribution in [2.45, 2.75) is 19.4 Å². The van der Waals surface area contributed by atoms with Gasteiger partial charge >= 0.3 is 0 Å². The molecule has 1 atom stereocenters. The SMILES string of the molecule is CCC(NC(=O)c1sc2nnccc2c1N)c1cccs1. The predicted octanol–water partition coefficient (Wildman–Crippen LogP) is 3.22. The first kappa shape index (κ1) is 14.0. The lowest BCUT2D eigenvalue weighted by Crippen LogP contribution is -2.27. The van der Waals surface area contributed by atoms with E-state index in [9.17, 15) is 4.79 Å². The van der Waals surface area contributed by atoms with Crippen LogP contribution in [-0.2, 0) is 0 Å². The summed E-state index contributed by atoms with van der Waals surface area (Å²) in [6.07, 6.45) is 2.41. The Hall–Kier alpha value is -1.99. The highest BCUT2D eigenvalue weighted by molar-refractivity contribution is 7.21. The molecule has 3 N–H and O–H groups in total. The summed E-state index contributed by atoms with van der Waals surface area (Å²) in [6.45, 7) is 2.05. The van der Waals surface area contributed by atoms with Crippen molar-refractivity contribution in [3.05, 3.63) is 39.5 Å². The highest BCUT2D eigenvalue weighted by atomic mass is 32.1. The van der Waals surface area contributed by atoms with Gasteiger partial charge in [-0.25, -0.2) is 0 Å². The van der Waals surface area contributed by atoms with E-state index in [4.69, 9.17) is 5.73 Å². The lowest BCUT2D eigenvalue weighted by molar-refractivity contribution is 0.0941. The molecule has 0 aromatic carbocycles. The summed E-state index contributed by atoms with van der Waals surface area (Å²) >= 11 is 2.91. The number of carbonyl (C=O) groups excluding carboxylic acids is 1. The van der Waals surface area contributed by atoms with Gasteiger partial charge in [0.05, 0.1) is 17.9 Å². The van der Waals surface area contributed by atoms with Gasteiger partial charge in [0.15, 0.2) is 0 Å². The molecular formula is C14H14N4OS2. The van der Waals surface area contributed by atoms with Gasteiger partial charge in [-0.3, -0.25) is 4.79 Å². The number of hydrogen-bond acceptors (Lipinski definition) is 6. The highest BCUT2D eigenvalue weighted by Crippen LogP contribution is 2.32. The van der Waals surface area contributed by atoms with Gasteiger partial charge in [0.2, 0.25) is 0 Å². The Balaban J connectivity index is 1.88. The monoisotopic (exact) mass is 318 g/mol. The molecule has 108 valence electrons. The van der Waals surface area contributed by atoms with Crippen molar-refractivity contribution in [3.8, 4) is 0 Å². The van der Waals surface area contributed by atoms with Crippen LogP contribution in [0.2, 0.25) is 0 Å². The molecule has 0 spiro atoms. The summed E-state index contributed by atoms with van der Waals surface area (Å²) in [5, 5.41) is 13.7. The smallest absolute Gasteiger partial charge is 0.264 e. The molecule has 0 aliphatic carbocycles. The molecule has 0 aliphatic rings. The average molecular weight is 318 g/mol. The normalized spacial score (nSPS) is 12.4. The van der Waals surface area contributed by atoms with Crippen molar-refractivity contribution in [1.82, 2.24) is 15.5 Å². The topological polar surface area (TPSA) is 80.9 Å². The molecule has 0 bridgehead atoms. The van der Waals surface area contributed by atoms with Crippen LogP contribution >= 0.6 is 22.7 Å². The van der Waals surface area contributed by atoms with Crippen LogP contribution in [0.25, 0.3) is 10.2 Å². The number of nitrogens with two attached hydrogens (primary N) is 1. The lowest BCUT2D eigenvalue weighted by atomic mass is 10.2. The van der Waals surface area contributed by atoms with Crippen LogP contribution in [0.15, 0.2) is 29.8 Å². The molecule has 3 aromatic heterocycles. The first-order valence-electron chi connectivity index (χ1n) is 6.54. The van der Waals surface area contributed by atoms with Crippen LogP contribution in [-0.4, -0.2) is 16.1 Å². The second kappa shape index (κ2) is 5.79. The van der Waals surface area contributed by atoms with E-state index < -0.39 is 0 Å². The Kier molecular flexibility index (Phi) is 3.85. The largest absolute Gasteiger partial charge is 0.397 e. The molecular weight excluding hydrogens is 304 g/mol. The van der Waals surface area contributed by atoms with E-state index >= 15 is 0 Å². The number of amides is 1. The van der Waals surface area contributed by atoms with Crippen molar-refractivity contribution in [2.75, 3.05) is 5.73 Å². The van der Waals surface area contributed by atoms with Gasteiger partial charge in [0.25, 0.3) is 5.91 Å². The first-order valence-corrected chi connectivity index (χ1v) is 8.24. The molecule has 0 fully saturated rings. The predicted molar refractivity (Wildman–Crippen MR) is 86.6 cm³/mol. The molecule has 0 saturated carbocycles. The molecule has 1 unspecified atom stereocenters. The number of thiophene rings is 2. The maximum atomic E-state index is 12.5. The molecule has 0 aliphatic heterocycles. The van der Waals surface area contributed by atoms with Crippen molar-refractivity contribution in [2.24, 2.45) is 0 Å². The van der Waals surface area contributed by atoms with Crippen LogP contribution in [0.1, 0.15) is 33.9 Å². The summed E-state index contributed by atoms with van der Waals surface area (Å²) in [6, 6.07) is 5.80. The number of nitrogens with one attached hydrogen (secondary N) is 1. The van der Waals surface area contributed by atoms with Crippen molar-refractivity contribution in [3.63, 3.8) is 0 Å². The number of aromatic nitrogens is 2. The van der Waals surface area contributed by atoms with Gasteiger partial charge in [-0.05, 0) is 23.9 Å². The zero-order valence-electron chi connectivity index (χ0n) is 11.4. The number of fused-ring (bicyclic) bond motifs is 1. The van der Waals surface area contributed by atoms with E-state index in [0.717, 1.165) is 16.7 Å². The number of anilines is 1. The summed E-state index contributed by atoms with van der Waals surface area (Å²) in [7, 11) is 0. The molecule has 3 rings (SSSR count). The minimum atomic E-state index is -0.157. The fraction of sp³-hybridized carbons (Fsp3) is 0.214. The molecule has 7 heteroatoms. The zero-order chi connectivity index (χ0) is 14.8. The third kappa shape index (κ3) is 2.62. The van der Waals surface area contributed by atoms with Crippen LogP contribution in [0.4, 0.5) is 5.69 Å². The van der Waals surface area contributed by atoms with Gasteiger partial charge in [-0.15, -0.1) is 27.8 Å². The van der Waals surface area contributed by atoms with Gasteiger partial charge in [-0.2, -0.15) is 5.10 Å². The van der Waals surface area contributed by atoms with E-state index in [1.807, 2.05) is 24.4 Å². The fourth-order valence-electron chi connectivity index (χ4n) is 2.13. The van der Waals surface area contributed by atoms with Crippen molar-refractivity contribution < 1.29 is 4.79 Å². The second-order valence-corrected chi connectivity index (χ2v) is 6.52. The van der Waals surface area contributed by atoms with Gasteiger partial charge < -0.3 is 11.1 Å². The summed E-state index contributed by atoms with van der Waals surface area (Å²) in [4.78, 5) is 14.8. The number of rotatable bonds is 4. The van der Waals surface area contributed by atoms with E-state index in [1.165, 1.54) is 11.3 Å². The second-order valence-electron chi connectivity index (χ2n) is 4.54. The zero-order valence-corrected chi connectivity index (χ0v) is 13.0. The van der Waals surface area contributed by atoms with Gasteiger partial charge in [0.1, 0.15) is 9.71 Å². The molecule has 0 saturated heterocycles. The lowest BCUT2D eigenvalue weighted by Gasteiger charge is -2.15. The van der Waals surface area contributed by atoms with E-state index in [0.29, 0.717) is 15.4 Å². The maximum Gasteiger partial charge on any atom is 0.264 e. The third-order valence-electron chi connectivity index (χ3n) is 3.23. The third-order valence-corrected chi connectivity index (χ3v) is 5.32. The van der Waals surface area contributed by atoms with E-state index in [1.54, 1.807) is 23.6 Å². The average Bonchev–Trinajstić information content (AvgIpc) is 3.13. The van der Waals surface area contributed by atoms with Crippen molar-refractivity contribution >= 4 is 44.5 Å². The molecule has 3 aromatic rings. The quantitative estimate of drug-likeness (QED) is 0.774. The Morgan fingerprint density at radius 3 is 3.00 bits per heavy atom. The molecule has 3 heterocycles. The summed E-state index contributed by atoms with van der Waals surface area (Å²) < 4.78 is 0. The first-order chi connectivity index (χ1) is 10.2. The number of nitrogens with zero attached hydrogens (tertiary/aromatic N) is 2. The summed E-state index contributed by atoms with van der Waals surface area (Å²) in [5.74, 6) is -0.157. The molecule has 0 radical (unpaired) electrons. The van der Waals surface area contributed by atoms with Gasteiger partial charge in [0, 0.05) is 10.3 Å². The molecule has 1 amide bonds. The van der Waals surface area contributed by atoms with Crippen LogP contribution in [0.5, 0.6) is 0 Å². The highest BCUT2D eigenvalue weighted by Gasteiger charge is 2.20. The van der Waals surface area contributed by atoms with E-state index in [-0.39, 0.29) is 11.9 Å². The molecule has 21 heavy (non-hydrogen) atoms. The number of carbonyl (C=O) groups is 1. The van der Waals surface area contributed by atoms with Crippen LogP contribution in [0.3, 0.4) is 0 Å². The number of nitrogen functional groups attached to an aromatic ring is 1. The molecule has 5 nitrogen and oxygen atoms in total. The number of hydrogen-bond donors (Lipinski definition) is 2. The van der Waals surface area contributed by atoms with Gasteiger partial charge in [-0.1, -0.05) is 13.0 Å². The minimum absolute atomic E-state index is 0.00759. The maximum absolute atomic E-state index is 12.5. The Morgan fingerprint density at radius 2 is 2.33 bits per heavy atom. The Morgan fingerprint density at radius 1 is 1.48 bits per heavy atom. The Labute approximate surface area is 129 Å². The van der Waals surface area contributed by atoms with Crippen LogP contribution < -0.4 is 11.1 Å². The van der Waals surface area contributed by atoms with Crippen molar-refractivity contribution in [1.29, 1.82) is 0 Å². The standard InChI is InChI=1S/C14H14N4OS2/c1-2-9(10-4-3-7-20-10)17-13(19)12-11(15)8-5-6-16-18-14(8)21-12/h3-7,9H,2,15H2,1H3,(H,17,19).